The predicted octanol–water partition coefficient (Wildman–Crippen LogP) is 4.06. The second-order valence-electron chi connectivity index (χ2n) is 5.83. The summed E-state index contributed by atoms with van der Waals surface area (Å²) in [7, 11) is 0. The van der Waals surface area contributed by atoms with Crippen LogP contribution < -0.4 is 4.57 Å². The Kier molecular flexibility index (Phi) is 5.25. The molecule has 0 fully saturated rings. The van der Waals surface area contributed by atoms with Crippen molar-refractivity contribution < 1.29 is 31.7 Å². The Hall–Kier alpha value is -3.16. The zero-order valence-electron chi connectivity index (χ0n) is 13.9. The van der Waals surface area contributed by atoms with E-state index in [1.165, 1.54) is 30.3 Å². The van der Waals surface area contributed by atoms with Gasteiger partial charge in [-0.15, -0.1) is 0 Å². The zero-order chi connectivity index (χ0) is 19.4. The van der Waals surface area contributed by atoms with Gasteiger partial charge in [0.1, 0.15) is 24.8 Å². The van der Waals surface area contributed by atoms with Gasteiger partial charge in [-0.05, 0) is 35.9 Å². The van der Waals surface area contributed by atoms with E-state index in [1.54, 1.807) is 23.3 Å². The third-order valence-corrected chi connectivity index (χ3v) is 3.90. The second-order valence-corrected chi connectivity index (χ2v) is 5.83. The van der Waals surface area contributed by atoms with Crippen molar-refractivity contribution in [3.8, 4) is 0 Å². The van der Waals surface area contributed by atoms with Crippen LogP contribution in [0.1, 0.15) is 27.6 Å². The van der Waals surface area contributed by atoms with Gasteiger partial charge < -0.3 is 4.74 Å². The molecule has 0 saturated carbocycles. The molecular weight excluding hydrogens is 364 g/mol. The maximum absolute atomic E-state index is 13.2. The van der Waals surface area contributed by atoms with E-state index in [1.807, 2.05) is 0 Å². The Balaban J connectivity index is 1.85. The lowest BCUT2D eigenvalue weighted by Crippen LogP contribution is -2.35. The molecule has 1 atom stereocenters. The minimum absolute atomic E-state index is 0.208. The molecule has 0 spiro atoms. The van der Waals surface area contributed by atoms with Gasteiger partial charge >= 0.3 is 12.1 Å². The molecule has 0 aliphatic rings. The first kappa shape index (κ1) is 18.6. The summed E-state index contributed by atoms with van der Waals surface area (Å²) < 4.78 is 58.9. The number of carbonyl (C=O) groups excluding carboxylic acids is 1. The van der Waals surface area contributed by atoms with E-state index in [2.05, 4.69) is 4.98 Å². The van der Waals surface area contributed by atoms with Crippen LogP contribution in [0.3, 0.4) is 0 Å². The van der Waals surface area contributed by atoms with Crippen molar-refractivity contribution in [1.29, 1.82) is 0 Å². The summed E-state index contributed by atoms with van der Waals surface area (Å²) in [5.74, 6) is -1.34. The Morgan fingerprint density at radius 1 is 1.15 bits per heavy atom. The van der Waals surface area contributed by atoms with Gasteiger partial charge in [0.25, 0.3) is 0 Å². The van der Waals surface area contributed by atoms with Crippen molar-refractivity contribution in [2.45, 2.75) is 18.8 Å². The van der Waals surface area contributed by atoms with Crippen molar-refractivity contribution in [1.82, 2.24) is 4.98 Å². The van der Waals surface area contributed by atoms with Crippen molar-refractivity contribution in [2.75, 3.05) is 0 Å². The number of aromatic amines is 1. The Bertz CT molecular complexity index is 906. The summed E-state index contributed by atoms with van der Waals surface area (Å²) in [6.07, 6.45) is -0.374. The average Bonchev–Trinajstić information content (AvgIpc) is 3.14. The number of carbonyl (C=O) groups is 1. The van der Waals surface area contributed by atoms with E-state index in [-0.39, 0.29) is 12.1 Å². The minimum atomic E-state index is -4.56. The second kappa shape index (κ2) is 7.61. The number of halogens is 4. The summed E-state index contributed by atoms with van der Waals surface area (Å²) >= 11 is 0. The molecular formula is C19H15F4N2O2+. The van der Waals surface area contributed by atoms with Crippen molar-refractivity contribution in [2.24, 2.45) is 0 Å². The SMILES string of the molecule is O=C(O[C@H](C[n+]1cc[nH]c1)c1ccc(F)cc1)c1cccc(C(F)(F)F)c1. The number of alkyl halides is 3. The van der Waals surface area contributed by atoms with Crippen LogP contribution in [0.15, 0.2) is 67.3 Å². The first-order valence-corrected chi connectivity index (χ1v) is 7.98. The molecule has 0 unspecified atom stereocenters. The molecule has 140 valence electrons. The Labute approximate surface area is 152 Å². The number of H-pyrrole nitrogens is 1. The van der Waals surface area contributed by atoms with Gasteiger partial charge in [-0.25, -0.2) is 13.8 Å². The molecule has 0 radical (unpaired) electrons. The van der Waals surface area contributed by atoms with Gasteiger partial charge in [0.05, 0.1) is 11.1 Å². The summed E-state index contributed by atoms with van der Waals surface area (Å²) in [5, 5.41) is 0. The van der Waals surface area contributed by atoms with Gasteiger partial charge in [-0.2, -0.15) is 13.2 Å². The molecule has 1 N–H and O–H groups in total. The van der Waals surface area contributed by atoms with Crippen LogP contribution in [-0.2, 0) is 17.5 Å². The molecule has 0 amide bonds. The van der Waals surface area contributed by atoms with Crippen LogP contribution in [0.25, 0.3) is 0 Å². The molecule has 0 saturated heterocycles. The molecule has 2 aromatic carbocycles. The predicted molar refractivity (Wildman–Crippen MR) is 87.0 cm³/mol. The normalized spacial score (nSPS) is 12.6. The highest BCUT2D eigenvalue weighted by molar-refractivity contribution is 5.89. The van der Waals surface area contributed by atoms with E-state index in [9.17, 15) is 22.4 Å². The lowest BCUT2D eigenvalue weighted by molar-refractivity contribution is -0.703. The molecule has 3 rings (SSSR count). The van der Waals surface area contributed by atoms with E-state index < -0.39 is 29.6 Å². The fourth-order valence-corrected chi connectivity index (χ4v) is 2.53. The molecule has 1 aromatic heterocycles. The van der Waals surface area contributed by atoms with Crippen LogP contribution in [0.2, 0.25) is 0 Å². The summed E-state index contributed by atoms with van der Waals surface area (Å²) in [6, 6.07) is 9.40. The van der Waals surface area contributed by atoms with E-state index in [4.69, 9.17) is 4.74 Å². The number of ether oxygens (including phenoxy) is 1. The van der Waals surface area contributed by atoms with Crippen LogP contribution in [0, 0.1) is 5.82 Å². The summed E-state index contributed by atoms with van der Waals surface area (Å²) in [4.78, 5) is 15.3. The summed E-state index contributed by atoms with van der Waals surface area (Å²) in [6.45, 7) is 0.208. The number of hydrogen-bond acceptors (Lipinski definition) is 2. The van der Waals surface area contributed by atoms with Crippen LogP contribution in [0.4, 0.5) is 17.6 Å². The minimum Gasteiger partial charge on any atom is -0.450 e. The van der Waals surface area contributed by atoms with Crippen LogP contribution >= 0.6 is 0 Å². The monoisotopic (exact) mass is 379 g/mol. The standard InChI is InChI=1S/C19H14F4N2O2/c20-16-6-4-13(5-7-16)17(11-25-9-8-24-12-25)27-18(26)14-2-1-3-15(10-14)19(21,22)23/h1-10,12,17H,11H2/p+1/t17-/m1/s1. The lowest BCUT2D eigenvalue weighted by Gasteiger charge is -2.17. The first-order valence-electron chi connectivity index (χ1n) is 7.98. The molecule has 0 aliphatic carbocycles. The number of rotatable bonds is 5. The van der Waals surface area contributed by atoms with Crippen molar-refractivity contribution in [3.05, 3.63) is 89.8 Å². The third kappa shape index (κ3) is 4.72. The van der Waals surface area contributed by atoms with Crippen LogP contribution in [-0.4, -0.2) is 11.0 Å². The maximum Gasteiger partial charge on any atom is 0.416 e. The highest BCUT2D eigenvalue weighted by Crippen LogP contribution is 2.30. The molecule has 8 heteroatoms. The van der Waals surface area contributed by atoms with Crippen molar-refractivity contribution >= 4 is 5.97 Å². The molecule has 4 nitrogen and oxygen atoms in total. The number of hydrogen-bond donors (Lipinski definition) is 1. The number of esters is 1. The zero-order valence-corrected chi connectivity index (χ0v) is 13.9. The maximum atomic E-state index is 13.2. The first-order chi connectivity index (χ1) is 12.8. The summed E-state index contributed by atoms with van der Waals surface area (Å²) in [5.41, 5.74) is -0.628. The van der Waals surface area contributed by atoms with E-state index >= 15 is 0 Å². The van der Waals surface area contributed by atoms with Crippen molar-refractivity contribution in [3.63, 3.8) is 0 Å². The van der Waals surface area contributed by atoms with Gasteiger partial charge in [0, 0.05) is 0 Å². The Morgan fingerprint density at radius 2 is 1.89 bits per heavy atom. The molecule has 27 heavy (non-hydrogen) atoms. The molecule has 1 heterocycles. The number of aromatic nitrogens is 2. The van der Waals surface area contributed by atoms with Gasteiger partial charge in [-0.3, -0.25) is 4.98 Å². The fraction of sp³-hybridized carbons (Fsp3) is 0.158. The molecule has 0 bridgehead atoms. The average molecular weight is 379 g/mol. The van der Waals surface area contributed by atoms with E-state index in [0.717, 1.165) is 18.2 Å². The number of nitrogens with one attached hydrogen (secondary N) is 1. The fourth-order valence-electron chi connectivity index (χ4n) is 2.53. The Morgan fingerprint density at radius 3 is 2.52 bits per heavy atom. The van der Waals surface area contributed by atoms with Crippen LogP contribution in [0.5, 0.6) is 0 Å². The number of imidazole rings is 1. The molecule has 0 aliphatic heterocycles. The lowest BCUT2D eigenvalue weighted by atomic mass is 10.1. The highest BCUT2D eigenvalue weighted by atomic mass is 19.4. The van der Waals surface area contributed by atoms with Gasteiger partial charge in [-0.1, -0.05) is 18.2 Å². The van der Waals surface area contributed by atoms with Gasteiger partial charge in [0.15, 0.2) is 6.10 Å². The smallest absolute Gasteiger partial charge is 0.416 e. The largest absolute Gasteiger partial charge is 0.450 e. The third-order valence-electron chi connectivity index (χ3n) is 3.90. The van der Waals surface area contributed by atoms with E-state index in [0.29, 0.717) is 5.56 Å². The van der Waals surface area contributed by atoms with Gasteiger partial charge in [0.2, 0.25) is 6.33 Å². The molecule has 3 aromatic rings. The highest BCUT2D eigenvalue weighted by Gasteiger charge is 2.31. The topological polar surface area (TPSA) is 46.0 Å². The number of nitrogens with zero attached hydrogens (tertiary/aromatic N) is 1. The number of benzene rings is 2. The quantitative estimate of drug-likeness (QED) is 0.413.